The van der Waals surface area contributed by atoms with E-state index in [0.717, 1.165) is 16.3 Å². The minimum Gasteiger partial charge on any atom is -0.426 e. The van der Waals surface area contributed by atoms with Crippen LogP contribution in [0.2, 0.25) is 0 Å². The lowest BCUT2D eigenvalue weighted by atomic mass is 10.1. The maximum absolute atomic E-state index is 12.0. The van der Waals surface area contributed by atoms with Gasteiger partial charge in [-0.2, -0.15) is 0 Å². The van der Waals surface area contributed by atoms with E-state index in [-0.39, 0.29) is 24.8 Å². The third kappa shape index (κ3) is 4.44. The van der Waals surface area contributed by atoms with Gasteiger partial charge in [0.15, 0.2) is 0 Å². The maximum atomic E-state index is 12.0. The van der Waals surface area contributed by atoms with Crippen molar-refractivity contribution < 1.29 is 14.3 Å². The number of hydrogen-bond donors (Lipinski definition) is 1. The number of nitrogens with one attached hydrogen (secondary N) is 1. The average molecular weight is 333 g/mol. The molecule has 1 amide bonds. The van der Waals surface area contributed by atoms with Crippen LogP contribution in [0.25, 0.3) is 10.8 Å². The summed E-state index contributed by atoms with van der Waals surface area (Å²) >= 11 is 0. The van der Waals surface area contributed by atoms with Crippen LogP contribution in [0.3, 0.4) is 0 Å². The summed E-state index contributed by atoms with van der Waals surface area (Å²) in [5.74, 6) is -0.0595. The first-order valence-corrected chi connectivity index (χ1v) is 8.16. The average Bonchev–Trinajstić information content (AvgIpc) is 2.61. The lowest BCUT2D eigenvalue weighted by molar-refractivity contribution is -0.134. The van der Waals surface area contributed by atoms with Gasteiger partial charge in [0.1, 0.15) is 5.75 Å². The Morgan fingerprint density at radius 3 is 2.52 bits per heavy atom. The number of amides is 1. The van der Waals surface area contributed by atoms with Gasteiger partial charge in [-0.15, -0.1) is 0 Å². The molecule has 0 aliphatic heterocycles. The number of hydrogen-bond acceptors (Lipinski definition) is 3. The lowest BCUT2D eigenvalue weighted by Gasteiger charge is -2.07. The van der Waals surface area contributed by atoms with Crippen molar-refractivity contribution in [2.45, 2.75) is 13.3 Å². The zero-order chi connectivity index (χ0) is 17.6. The highest BCUT2D eigenvalue weighted by Crippen LogP contribution is 2.20. The fraction of sp³-hybridized carbons (Fsp3) is 0.143. The van der Waals surface area contributed by atoms with E-state index in [1.807, 2.05) is 61.5 Å². The lowest BCUT2D eigenvalue weighted by Crippen LogP contribution is -2.27. The van der Waals surface area contributed by atoms with E-state index in [9.17, 15) is 9.59 Å². The zero-order valence-corrected chi connectivity index (χ0v) is 14.0. The van der Waals surface area contributed by atoms with Gasteiger partial charge >= 0.3 is 5.97 Å². The van der Waals surface area contributed by atoms with Crippen LogP contribution in [-0.2, 0) is 4.79 Å². The molecule has 4 heteroatoms. The van der Waals surface area contributed by atoms with Crippen molar-refractivity contribution in [3.05, 3.63) is 77.9 Å². The van der Waals surface area contributed by atoms with Gasteiger partial charge in [-0.05, 0) is 42.0 Å². The number of aryl methyl sites for hydroxylation is 1. The van der Waals surface area contributed by atoms with Crippen molar-refractivity contribution in [2.24, 2.45) is 0 Å². The summed E-state index contributed by atoms with van der Waals surface area (Å²) in [5.41, 5.74) is 1.60. The molecular weight excluding hydrogens is 314 g/mol. The summed E-state index contributed by atoms with van der Waals surface area (Å²) in [7, 11) is 0. The van der Waals surface area contributed by atoms with E-state index in [4.69, 9.17) is 4.74 Å². The second-order valence-electron chi connectivity index (χ2n) is 5.86. The van der Waals surface area contributed by atoms with Gasteiger partial charge in [0.05, 0.1) is 6.42 Å². The van der Waals surface area contributed by atoms with E-state index in [1.54, 1.807) is 12.1 Å². The highest BCUT2D eigenvalue weighted by atomic mass is 16.5. The molecule has 126 valence electrons. The monoisotopic (exact) mass is 333 g/mol. The molecule has 0 saturated carbocycles. The van der Waals surface area contributed by atoms with Gasteiger partial charge < -0.3 is 10.1 Å². The normalized spacial score (nSPS) is 10.4. The minimum absolute atomic E-state index is 0.115. The molecular formula is C21H19NO3. The van der Waals surface area contributed by atoms with Crippen LogP contribution in [-0.4, -0.2) is 18.4 Å². The molecule has 0 aliphatic carbocycles. The molecule has 0 spiro atoms. The Balaban J connectivity index is 1.51. The molecule has 0 heterocycles. The topological polar surface area (TPSA) is 55.4 Å². The third-order valence-electron chi connectivity index (χ3n) is 3.85. The maximum Gasteiger partial charge on any atom is 0.312 e. The number of ether oxygens (including phenoxy) is 1. The number of rotatable bonds is 5. The molecule has 0 unspecified atom stereocenters. The van der Waals surface area contributed by atoms with Crippen LogP contribution < -0.4 is 10.1 Å². The highest BCUT2D eigenvalue weighted by molar-refractivity contribution is 5.94. The van der Waals surface area contributed by atoms with Crippen LogP contribution in [0.5, 0.6) is 5.75 Å². The van der Waals surface area contributed by atoms with Gasteiger partial charge in [-0.25, -0.2) is 0 Å². The molecule has 4 nitrogen and oxygen atoms in total. The molecule has 0 bridgehead atoms. The summed E-state index contributed by atoms with van der Waals surface area (Å²) < 4.78 is 5.34. The van der Waals surface area contributed by atoms with Crippen molar-refractivity contribution in [2.75, 3.05) is 6.54 Å². The first-order chi connectivity index (χ1) is 12.1. The van der Waals surface area contributed by atoms with Crippen molar-refractivity contribution >= 4 is 22.6 Å². The molecule has 0 atom stereocenters. The van der Waals surface area contributed by atoms with Crippen LogP contribution in [0.15, 0.2) is 66.7 Å². The van der Waals surface area contributed by atoms with Gasteiger partial charge in [0, 0.05) is 12.1 Å². The number of carbonyl (C=O) groups excluding carboxylic acids is 2. The summed E-state index contributed by atoms with van der Waals surface area (Å²) in [6.45, 7) is 2.16. The van der Waals surface area contributed by atoms with Crippen LogP contribution in [0, 0.1) is 6.92 Å². The van der Waals surface area contributed by atoms with Crippen molar-refractivity contribution in [3.8, 4) is 5.75 Å². The van der Waals surface area contributed by atoms with E-state index in [0.29, 0.717) is 11.3 Å². The van der Waals surface area contributed by atoms with Gasteiger partial charge in [-0.1, -0.05) is 48.0 Å². The van der Waals surface area contributed by atoms with Crippen LogP contribution in [0.1, 0.15) is 22.3 Å². The standard InChI is InChI=1S/C21H19NO3/c1-15-5-4-8-18(13-15)21(24)22-12-11-20(23)25-19-10-9-16-6-2-3-7-17(16)14-19/h2-10,13-14H,11-12H2,1H3,(H,22,24). The number of esters is 1. The molecule has 0 aliphatic rings. The molecule has 0 radical (unpaired) electrons. The molecule has 0 aromatic heterocycles. The van der Waals surface area contributed by atoms with E-state index >= 15 is 0 Å². The minimum atomic E-state index is -0.375. The fourth-order valence-electron chi connectivity index (χ4n) is 2.58. The first kappa shape index (κ1) is 16.7. The Kier molecular flexibility index (Phi) is 5.09. The van der Waals surface area contributed by atoms with Gasteiger partial charge in [-0.3, -0.25) is 9.59 Å². The third-order valence-corrected chi connectivity index (χ3v) is 3.85. The predicted octanol–water partition coefficient (Wildman–Crippen LogP) is 3.87. The molecule has 3 aromatic carbocycles. The van der Waals surface area contributed by atoms with E-state index < -0.39 is 0 Å². The molecule has 3 rings (SSSR count). The van der Waals surface area contributed by atoms with E-state index in [2.05, 4.69) is 5.32 Å². The quantitative estimate of drug-likeness (QED) is 0.569. The summed E-state index contributed by atoms with van der Waals surface area (Å²) in [6, 6.07) is 20.7. The zero-order valence-electron chi connectivity index (χ0n) is 14.0. The number of benzene rings is 3. The van der Waals surface area contributed by atoms with Crippen molar-refractivity contribution in [1.29, 1.82) is 0 Å². The Labute approximate surface area is 146 Å². The molecule has 3 aromatic rings. The SMILES string of the molecule is Cc1cccc(C(=O)NCCC(=O)Oc2ccc3ccccc3c2)c1. The molecule has 1 N–H and O–H groups in total. The second kappa shape index (κ2) is 7.62. The highest BCUT2D eigenvalue weighted by Gasteiger charge is 2.08. The summed E-state index contributed by atoms with van der Waals surface area (Å²) in [6.07, 6.45) is 0.115. The molecule has 0 saturated heterocycles. The first-order valence-electron chi connectivity index (χ1n) is 8.16. The summed E-state index contributed by atoms with van der Waals surface area (Å²) in [5, 5.41) is 4.84. The Morgan fingerprint density at radius 2 is 1.72 bits per heavy atom. The Bertz CT molecular complexity index is 918. The second-order valence-corrected chi connectivity index (χ2v) is 5.86. The largest absolute Gasteiger partial charge is 0.426 e. The Morgan fingerprint density at radius 1 is 0.920 bits per heavy atom. The van der Waals surface area contributed by atoms with Gasteiger partial charge in [0.2, 0.25) is 0 Å². The smallest absolute Gasteiger partial charge is 0.312 e. The molecule has 25 heavy (non-hydrogen) atoms. The number of fused-ring (bicyclic) bond motifs is 1. The van der Waals surface area contributed by atoms with E-state index in [1.165, 1.54) is 0 Å². The fourth-order valence-corrected chi connectivity index (χ4v) is 2.58. The summed E-state index contributed by atoms with van der Waals surface area (Å²) in [4.78, 5) is 24.0. The predicted molar refractivity (Wildman–Crippen MR) is 97.7 cm³/mol. The van der Waals surface area contributed by atoms with Crippen molar-refractivity contribution in [3.63, 3.8) is 0 Å². The van der Waals surface area contributed by atoms with Gasteiger partial charge in [0.25, 0.3) is 5.91 Å². The van der Waals surface area contributed by atoms with Crippen LogP contribution >= 0.6 is 0 Å². The van der Waals surface area contributed by atoms with Crippen LogP contribution in [0.4, 0.5) is 0 Å². The molecule has 0 fully saturated rings. The Hall–Kier alpha value is -3.14. The number of carbonyl (C=O) groups is 2. The van der Waals surface area contributed by atoms with Crippen molar-refractivity contribution in [1.82, 2.24) is 5.32 Å².